The van der Waals surface area contributed by atoms with Crippen molar-refractivity contribution in [2.45, 2.75) is 19.4 Å². The maximum atomic E-state index is 11.2. The summed E-state index contributed by atoms with van der Waals surface area (Å²) < 4.78 is 5.08. The molecule has 19 heavy (non-hydrogen) atoms. The van der Waals surface area contributed by atoms with Crippen molar-refractivity contribution >= 4 is 17.5 Å². The molecule has 0 aliphatic heterocycles. The Bertz CT molecular complexity index is 442. The van der Waals surface area contributed by atoms with E-state index in [9.17, 15) is 9.59 Å². The summed E-state index contributed by atoms with van der Waals surface area (Å²) in [6.07, 6.45) is 0.834. The fourth-order valence-electron chi connectivity index (χ4n) is 1.69. The lowest BCUT2D eigenvalue weighted by Gasteiger charge is -2.18. The number of carbonyl (C=O) groups is 2. The second-order valence-electron chi connectivity index (χ2n) is 4.23. The largest absolute Gasteiger partial charge is 0.383 e. The number of nitrogens with one attached hydrogen (secondary N) is 1. The number of hydrogen-bond acceptors (Lipinski definition) is 4. The highest BCUT2D eigenvalue weighted by molar-refractivity contribution is 5.99. The summed E-state index contributed by atoms with van der Waals surface area (Å²) >= 11 is 0. The molecular weight excluding hydrogens is 246 g/mol. The Balaban J connectivity index is 3.05. The molecule has 6 heteroatoms. The zero-order valence-corrected chi connectivity index (χ0v) is 11.1. The lowest BCUT2D eigenvalue weighted by atomic mass is 10.1. The Hall–Kier alpha value is -2.08. The Morgan fingerprint density at radius 3 is 2.11 bits per heavy atom. The molecule has 0 spiro atoms. The Kier molecular flexibility index (Phi) is 5.32. The molecule has 0 saturated carbocycles. The highest BCUT2D eigenvalue weighted by atomic mass is 16.5. The van der Waals surface area contributed by atoms with Crippen molar-refractivity contribution in [3.8, 4) is 0 Å². The first-order chi connectivity index (χ1) is 8.97. The van der Waals surface area contributed by atoms with E-state index in [0.29, 0.717) is 12.3 Å². The van der Waals surface area contributed by atoms with Gasteiger partial charge < -0.3 is 21.5 Å². The van der Waals surface area contributed by atoms with Crippen molar-refractivity contribution in [1.29, 1.82) is 0 Å². The van der Waals surface area contributed by atoms with Crippen LogP contribution in [0.15, 0.2) is 18.2 Å². The summed E-state index contributed by atoms with van der Waals surface area (Å²) in [5.41, 5.74) is 11.6. The molecule has 1 atom stereocenters. The van der Waals surface area contributed by atoms with Crippen molar-refractivity contribution < 1.29 is 14.3 Å². The molecule has 0 aliphatic carbocycles. The van der Waals surface area contributed by atoms with Gasteiger partial charge in [-0.15, -0.1) is 0 Å². The minimum absolute atomic E-state index is 0.0776. The van der Waals surface area contributed by atoms with Gasteiger partial charge in [-0.25, -0.2) is 0 Å². The van der Waals surface area contributed by atoms with Gasteiger partial charge in [-0.2, -0.15) is 0 Å². The van der Waals surface area contributed by atoms with Gasteiger partial charge in [0.15, 0.2) is 0 Å². The van der Waals surface area contributed by atoms with E-state index in [4.69, 9.17) is 16.2 Å². The van der Waals surface area contributed by atoms with Gasteiger partial charge in [-0.1, -0.05) is 6.92 Å². The van der Waals surface area contributed by atoms with Crippen LogP contribution in [0, 0.1) is 0 Å². The van der Waals surface area contributed by atoms with Crippen molar-refractivity contribution in [3.05, 3.63) is 29.3 Å². The van der Waals surface area contributed by atoms with Gasteiger partial charge in [0.05, 0.1) is 6.61 Å². The summed E-state index contributed by atoms with van der Waals surface area (Å²) in [5.74, 6) is -1.21. The van der Waals surface area contributed by atoms with E-state index in [2.05, 4.69) is 5.32 Å². The van der Waals surface area contributed by atoms with Crippen molar-refractivity contribution in [2.75, 3.05) is 19.0 Å². The summed E-state index contributed by atoms with van der Waals surface area (Å²) in [5, 5.41) is 3.18. The normalized spacial score (nSPS) is 11.9. The SMILES string of the molecule is CCC(COC)Nc1cc(C(N)=O)cc(C(N)=O)c1. The molecule has 6 nitrogen and oxygen atoms in total. The molecule has 0 saturated heterocycles. The van der Waals surface area contributed by atoms with Crippen LogP contribution in [-0.2, 0) is 4.74 Å². The molecule has 0 fully saturated rings. The van der Waals surface area contributed by atoms with E-state index in [1.54, 1.807) is 19.2 Å². The smallest absolute Gasteiger partial charge is 0.248 e. The topological polar surface area (TPSA) is 107 Å². The fraction of sp³-hybridized carbons (Fsp3) is 0.385. The highest BCUT2D eigenvalue weighted by Gasteiger charge is 2.11. The first-order valence-corrected chi connectivity index (χ1v) is 5.98. The zero-order chi connectivity index (χ0) is 14.4. The summed E-state index contributed by atoms with van der Waals surface area (Å²) in [4.78, 5) is 22.5. The molecular formula is C13H19N3O3. The average Bonchev–Trinajstić information content (AvgIpc) is 2.37. The van der Waals surface area contributed by atoms with Crippen molar-refractivity contribution in [3.63, 3.8) is 0 Å². The molecule has 0 bridgehead atoms. The molecule has 0 aromatic heterocycles. The van der Waals surface area contributed by atoms with Gasteiger partial charge >= 0.3 is 0 Å². The first-order valence-electron chi connectivity index (χ1n) is 5.98. The highest BCUT2D eigenvalue weighted by Crippen LogP contribution is 2.16. The van der Waals surface area contributed by atoms with Crippen LogP contribution in [0.5, 0.6) is 0 Å². The van der Waals surface area contributed by atoms with Crippen LogP contribution in [0.3, 0.4) is 0 Å². The maximum absolute atomic E-state index is 11.2. The number of anilines is 1. The number of ether oxygens (including phenoxy) is 1. The van der Waals surface area contributed by atoms with Crippen LogP contribution in [0.2, 0.25) is 0 Å². The van der Waals surface area contributed by atoms with Crippen LogP contribution in [0.1, 0.15) is 34.1 Å². The number of carbonyl (C=O) groups excluding carboxylic acids is 2. The van der Waals surface area contributed by atoms with Crippen molar-refractivity contribution in [2.24, 2.45) is 11.5 Å². The van der Waals surface area contributed by atoms with Crippen LogP contribution in [-0.4, -0.2) is 31.6 Å². The lowest BCUT2D eigenvalue weighted by Crippen LogP contribution is -2.25. The molecule has 5 N–H and O–H groups in total. The number of benzene rings is 1. The van der Waals surface area contributed by atoms with Crippen LogP contribution in [0.25, 0.3) is 0 Å². The quantitative estimate of drug-likeness (QED) is 0.675. The van der Waals surface area contributed by atoms with Gasteiger partial charge in [-0.3, -0.25) is 9.59 Å². The standard InChI is InChI=1S/C13H19N3O3/c1-3-10(7-19-2)16-11-5-8(12(14)17)4-9(6-11)13(15)18/h4-6,10,16H,3,7H2,1-2H3,(H2,14,17)(H2,15,18). The van der Waals surface area contributed by atoms with E-state index >= 15 is 0 Å². The third kappa shape index (κ3) is 4.26. The Morgan fingerprint density at radius 1 is 1.21 bits per heavy atom. The lowest BCUT2D eigenvalue weighted by molar-refractivity contribution is 0.0999. The van der Waals surface area contributed by atoms with E-state index in [1.807, 2.05) is 6.92 Å². The number of methoxy groups -OCH3 is 1. The number of amides is 2. The molecule has 0 heterocycles. The van der Waals surface area contributed by atoms with Gasteiger partial charge in [0.25, 0.3) is 0 Å². The second kappa shape index (κ2) is 6.75. The number of nitrogens with two attached hydrogens (primary N) is 2. The molecule has 0 radical (unpaired) electrons. The van der Waals surface area contributed by atoms with E-state index in [0.717, 1.165) is 6.42 Å². The van der Waals surface area contributed by atoms with Crippen LogP contribution < -0.4 is 16.8 Å². The molecule has 1 rings (SSSR count). The first kappa shape index (κ1) is 15.0. The van der Waals surface area contributed by atoms with E-state index in [-0.39, 0.29) is 17.2 Å². The number of rotatable bonds is 7. The third-order valence-corrected chi connectivity index (χ3v) is 2.73. The second-order valence-corrected chi connectivity index (χ2v) is 4.23. The minimum Gasteiger partial charge on any atom is -0.383 e. The van der Waals surface area contributed by atoms with Crippen LogP contribution >= 0.6 is 0 Å². The predicted octanol–water partition coefficient (Wildman–Crippen LogP) is 0.721. The predicted molar refractivity (Wildman–Crippen MR) is 73.1 cm³/mol. The average molecular weight is 265 g/mol. The minimum atomic E-state index is -0.606. The van der Waals surface area contributed by atoms with Gasteiger partial charge in [-0.05, 0) is 24.6 Å². The Labute approximate surface area is 112 Å². The van der Waals surface area contributed by atoms with Gasteiger partial charge in [0.1, 0.15) is 0 Å². The fourth-order valence-corrected chi connectivity index (χ4v) is 1.69. The summed E-state index contributed by atoms with van der Waals surface area (Å²) in [6.45, 7) is 2.52. The van der Waals surface area contributed by atoms with Crippen molar-refractivity contribution in [1.82, 2.24) is 0 Å². The van der Waals surface area contributed by atoms with Crippen LogP contribution in [0.4, 0.5) is 5.69 Å². The molecule has 1 aromatic rings. The number of hydrogen-bond donors (Lipinski definition) is 3. The van der Waals surface area contributed by atoms with Gasteiger partial charge in [0, 0.05) is 30.0 Å². The molecule has 0 aliphatic rings. The molecule has 1 aromatic carbocycles. The molecule has 2 amide bonds. The maximum Gasteiger partial charge on any atom is 0.248 e. The summed E-state index contributed by atoms with van der Waals surface area (Å²) in [7, 11) is 1.61. The summed E-state index contributed by atoms with van der Waals surface area (Å²) in [6, 6.07) is 4.64. The monoisotopic (exact) mass is 265 g/mol. The zero-order valence-electron chi connectivity index (χ0n) is 11.1. The third-order valence-electron chi connectivity index (χ3n) is 2.73. The number of primary amides is 2. The van der Waals surface area contributed by atoms with E-state index < -0.39 is 11.8 Å². The van der Waals surface area contributed by atoms with Gasteiger partial charge in [0.2, 0.25) is 11.8 Å². The Morgan fingerprint density at radius 2 is 1.74 bits per heavy atom. The van der Waals surface area contributed by atoms with E-state index in [1.165, 1.54) is 6.07 Å². The molecule has 104 valence electrons. The molecule has 1 unspecified atom stereocenters.